The van der Waals surface area contributed by atoms with Gasteiger partial charge in [-0.05, 0) is 30.5 Å². The maximum Gasteiger partial charge on any atom is 0.312 e. The molecule has 4 N–H and O–H groups in total. The number of hydrogen-bond acceptors (Lipinski definition) is 3. The maximum absolute atomic E-state index is 11.7. The van der Waals surface area contributed by atoms with Crippen LogP contribution >= 0.6 is 0 Å². The van der Waals surface area contributed by atoms with Crippen molar-refractivity contribution >= 4 is 11.9 Å². The number of carbonyl (C=O) groups excluding carboxylic acids is 2. The molecule has 0 aliphatic rings. The molecular weight excluding hydrogens is 270 g/mol. The number of nitrogens with two attached hydrogens (primary N) is 1. The number of methoxy groups -OCH3 is 1. The third kappa shape index (κ3) is 7.81. The summed E-state index contributed by atoms with van der Waals surface area (Å²) in [5.74, 6) is 0.836. The SMILES string of the molecule is COc1ccc(CNC(=O)CCCCCNC(N)=O)cc1. The highest BCUT2D eigenvalue weighted by Gasteiger charge is 2.02. The zero-order valence-electron chi connectivity index (χ0n) is 12.4. The minimum absolute atomic E-state index is 0.0358. The first-order valence-electron chi connectivity index (χ1n) is 7.04. The second kappa shape index (κ2) is 9.63. The summed E-state index contributed by atoms with van der Waals surface area (Å²) >= 11 is 0. The lowest BCUT2D eigenvalue weighted by atomic mass is 10.1. The Bertz CT molecular complexity index is 446. The summed E-state index contributed by atoms with van der Waals surface area (Å²) in [6.07, 6.45) is 3.01. The molecular formula is C15H23N3O3. The molecule has 0 fully saturated rings. The van der Waals surface area contributed by atoms with E-state index >= 15 is 0 Å². The van der Waals surface area contributed by atoms with Crippen molar-refractivity contribution in [2.24, 2.45) is 5.73 Å². The molecule has 0 unspecified atom stereocenters. The van der Waals surface area contributed by atoms with Gasteiger partial charge in [0, 0.05) is 19.5 Å². The van der Waals surface area contributed by atoms with Gasteiger partial charge in [-0.1, -0.05) is 18.6 Å². The van der Waals surface area contributed by atoms with Crippen molar-refractivity contribution in [1.29, 1.82) is 0 Å². The molecule has 1 aromatic rings. The van der Waals surface area contributed by atoms with Crippen molar-refractivity contribution < 1.29 is 14.3 Å². The van der Waals surface area contributed by atoms with Crippen LogP contribution in [0.3, 0.4) is 0 Å². The van der Waals surface area contributed by atoms with Crippen LogP contribution in [-0.4, -0.2) is 25.6 Å². The first-order chi connectivity index (χ1) is 10.1. The summed E-state index contributed by atoms with van der Waals surface area (Å²) in [5.41, 5.74) is 5.98. The standard InChI is InChI=1S/C15H23N3O3/c1-21-13-8-6-12(7-9-13)11-18-14(19)5-3-2-4-10-17-15(16)20/h6-9H,2-5,10-11H2,1H3,(H,18,19)(H3,16,17,20). The number of primary amides is 1. The molecule has 0 aromatic heterocycles. The highest BCUT2D eigenvalue weighted by Crippen LogP contribution is 2.11. The van der Waals surface area contributed by atoms with Gasteiger partial charge < -0.3 is 21.1 Å². The van der Waals surface area contributed by atoms with Crippen LogP contribution < -0.4 is 21.1 Å². The van der Waals surface area contributed by atoms with Crippen molar-refractivity contribution in [2.45, 2.75) is 32.2 Å². The van der Waals surface area contributed by atoms with Gasteiger partial charge in [0.25, 0.3) is 0 Å². The number of ether oxygens (including phenoxy) is 1. The predicted octanol–water partition coefficient (Wildman–Crippen LogP) is 1.54. The Morgan fingerprint density at radius 2 is 1.81 bits per heavy atom. The van der Waals surface area contributed by atoms with Crippen LogP contribution in [0.15, 0.2) is 24.3 Å². The first kappa shape index (κ1) is 16.8. The van der Waals surface area contributed by atoms with E-state index in [2.05, 4.69) is 10.6 Å². The molecule has 0 aliphatic carbocycles. The predicted molar refractivity (Wildman–Crippen MR) is 80.9 cm³/mol. The Balaban J connectivity index is 2.09. The number of carbonyl (C=O) groups is 2. The lowest BCUT2D eigenvalue weighted by Crippen LogP contribution is -2.30. The smallest absolute Gasteiger partial charge is 0.312 e. The van der Waals surface area contributed by atoms with E-state index in [0.29, 0.717) is 19.5 Å². The van der Waals surface area contributed by atoms with E-state index < -0.39 is 6.03 Å². The van der Waals surface area contributed by atoms with E-state index in [1.165, 1.54) is 0 Å². The third-order valence-corrected chi connectivity index (χ3v) is 3.03. The molecule has 6 heteroatoms. The Morgan fingerprint density at radius 1 is 1.10 bits per heavy atom. The molecule has 0 heterocycles. The highest BCUT2D eigenvalue weighted by atomic mass is 16.5. The second-order valence-electron chi connectivity index (χ2n) is 4.73. The molecule has 0 bridgehead atoms. The molecule has 21 heavy (non-hydrogen) atoms. The van der Waals surface area contributed by atoms with Crippen molar-refractivity contribution in [3.63, 3.8) is 0 Å². The number of unbranched alkanes of at least 4 members (excludes halogenated alkanes) is 2. The first-order valence-corrected chi connectivity index (χ1v) is 7.04. The van der Waals surface area contributed by atoms with Gasteiger partial charge in [-0.3, -0.25) is 4.79 Å². The maximum atomic E-state index is 11.7. The Kier molecular flexibility index (Phi) is 7.71. The number of hydrogen-bond donors (Lipinski definition) is 3. The largest absolute Gasteiger partial charge is 0.497 e. The van der Waals surface area contributed by atoms with E-state index in [1.54, 1.807) is 7.11 Å². The normalized spacial score (nSPS) is 9.95. The van der Waals surface area contributed by atoms with Gasteiger partial charge in [0.15, 0.2) is 0 Å². The number of urea groups is 1. The summed E-state index contributed by atoms with van der Waals surface area (Å²) in [6.45, 7) is 1.08. The summed E-state index contributed by atoms with van der Waals surface area (Å²) in [7, 11) is 1.62. The lowest BCUT2D eigenvalue weighted by Gasteiger charge is -2.06. The molecule has 1 aromatic carbocycles. The minimum atomic E-state index is -0.507. The molecule has 0 spiro atoms. The van der Waals surface area contributed by atoms with Gasteiger partial charge in [-0.15, -0.1) is 0 Å². The van der Waals surface area contributed by atoms with Gasteiger partial charge >= 0.3 is 6.03 Å². The monoisotopic (exact) mass is 293 g/mol. The van der Waals surface area contributed by atoms with Gasteiger partial charge in [0.05, 0.1) is 7.11 Å². The number of amides is 3. The Labute approximate surface area is 125 Å². The molecule has 0 aliphatic heterocycles. The fourth-order valence-corrected chi connectivity index (χ4v) is 1.83. The van der Waals surface area contributed by atoms with Crippen LogP contribution in [0, 0.1) is 0 Å². The van der Waals surface area contributed by atoms with E-state index in [-0.39, 0.29) is 5.91 Å². The van der Waals surface area contributed by atoms with Gasteiger partial charge in [-0.2, -0.15) is 0 Å². The summed E-state index contributed by atoms with van der Waals surface area (Å²) in [4.78, 5) is 22.1. The van der Waals surface area contributed by atoms with Crippen LogP contribution in [0.25, 0.3) is 0 Å². The van der Waals surface area contributed by atoms with Crippen LogP contribution in [0.5, 0.6) is 5.75 Å². The van der Waals surface area contributed by atoms with E-state index in [9.17, 15) is 9.59 Å². The van der Waals surface area contributed by atoms with Gasteiger partial charge in [0.2, 0.25) is 5.91 Å². The fraction of sp³-hybridized carbons (Fsp3) is 0.467. The molecule has 0 saturated heterocycles. The Morgan fingerprint density at radius 3 is 2.43 bits per heavy atom. The lowest BCUT2D eigenvalue weighted by molar-refractivity contribution is -0.121. The highest BCUT2D eigenvalue weighted by molar-refractivity contribution is 5.75. The van der Waals surface area contributed by atoms with Crippen molar-refractivity contribution in [3.8, 4) is 5.75 Å². The summed E-state index contributed by atoms with van der Waals surface area (Å²) in [6, 6.07) is 7.08. The summed E-state index contributed by atoms with van der Waals surface area (Å²) < 4.78 is 5.07. The zero-order chi connectivity index (χ0) is 15.5. The average Bonchev–Trinajstić information content (AvgIpc) is 2.49. The topological polar surface area (TPSA) is 93.4 Å². The van der Waals surface area contributed by atoms with Gasteiger partial charge in [0.1, 0.15) is 5.75 Å². The second-order valence-corrected chi connectivity index (χ2v) is 4.73. The van der Waals surface area contributed by atoms with Crippen molar-refractivity contribution in [1.82, 2.24) is 10.6 Å². The average molecular weight is 293 g/mol. The van der Waals surface area contributed by atoms with Crippen molar-refractivity contribution in [3.05, 3.63) is 29.8 Å². The molecule has 116 valence electrons. The van der Waals surface area contributed by atoms with E-state index in [4.69, 9.17) is 10.5 Å². The molecule has 6 nitrogen and oxygen atoms in total. The number of rotatable bonds is 9. The molecule has 1 rings (SSSR count). The van der Waals surface area contributed by atoms with Crippen LogP contribution in [-0.2, 0) is 11.3 Å². The minimum Gasteiger partial charge on any atom is -0.497 e. The fourth-order valence-electron chi connectivity index (χ4n) is 1.83. The molecule has 0 atom stereocenters. The van der Waals surface area contributed by atoms with Crippen LogP contribution in [0.2, 0.25) is 0 Å². The van der Waals surface area contributed by atoms with E-state index in [1.807, 2.05) is 24.3 Å². The third-order valence-electron chi connectivity index (χ3n) is 3.03. The van der Waals surface area contributed by atoms with Crippen LogP contribution in [0.4, 0.5) is 4.79 Å². The molecule has 0 radical (unpaired) electrons. The molecule has 3 amide bonds. The van der Waals surface area contributed by atoms with Crippen molar-refractivity contribution in [2.75, 3.05) is 13.7 Å². The van der Waals surface area contributed by atoms with Crippen LogP contribution in [0.1, 0.15) is 31.2 Å². The zero-order valence-corrected chi connectivity index (χ0v) is 12.4. The van der Waals surface area contributed by atoms with E-state index in [0.717, 1.165) is 30.6 Å². The summed E-state index contributed by atoms with van der Waals surface area (Å²) in [5, 5.41) is 5.39. The van der Waals surface area contributed by atoms with Gasteiger partial charge in [-0.25, -0.2) is 4.79 Å². The number of benzene rings is 1. The Hall–Kier alpha value is -2.24. The molecule has 0 saturated carbocycles. The number of nitrogens with one attached hydrogen (secondary N) is 2. The quantitative estimate of drug-likeness (QED) is 0.603.